The summed E-state index contributed by atoms with van der Waals surface area (Å²) >= 11 is 8.76. The molecule has 0 saturated heterocycles. The van der Waals surface area contributed by atoms with E-state index in [1.165, 1.54) is 34.4 Å². The Hall–Kier alpha value is -2.87. The van der Waals surface area contributed by atoms with E-state index in [1.807, 2.05) is 12.1 Å². The van der Waals surface area contributed by atoms with Crippen LogP contribution in [0.15, 0.2) is 52.2 Å². The Kier molecular flexibility index (Phi) is 6.57. The molecule has 186 valence electrons. The van der Waals surface area contributed by atoms with Crippen molar-refractivity contribution in [2.45, 2.75) is 36.4 Å². The van der Waals surface area contributed by atoms with Crippen molar-refractivity contribution in [2.75, 3.05) is 5.32 Å². The van der Waals surface area contributed by atoms with Crippen LogP contribution in [0.4, 0.5) is 15.0 Å². The van der Waals surface area contributed by atoms with Crippen molar-refractivity contribution >= 4 is 53.0 Å². The van der Waals surface area contributed by atoms with Gasteiger partial charge in [-0.15, -0.1) is 23.5 Å². The van der Waals surface area contributed by atoms with Gasteiger partial charge < -0.3 is 9.84 Å². The Balaban J connectivity index is 1.27. The number of anilines is 1. The maximum absolute atomic E-state index is 15.1. The molecule has 2 aliphatic heterocycles. The van der Waals surface area contributed by atoms with Gasteiger partial charge in [0.15, 0.2) is 0 Å². The van der Waals surface area contributed by atoms with Crippen LogP contribution in [0.1, 0.15) is 37.0 Å². The third-order valence-electron chi connectivity index (χ3n) is 6.32. The van der Waals surface area contributed by atoms with Gasteiger partial charge in [0.2, 0.25) is 0 Å². The third-order valence-corrected chi connectivity index (χ3v) is 9.58. The number of aryl methyl sites for hydroxylation is 1. The Morgan fingerprint density at radius 2 is 2.08 bits per heavy atom. The van der Waals surface area contributed by atoms with Crippen LogP contribution < -0.4 is 5.32 Å². The van der Waals surface area contributed by atoms with E-state index in [0.717, 1.165) is 4.91 Å². The fourth-order valence-corrected chi connectivity index (χ4v) is 7.40. The van der Waals surface area contributed by atoms with E-state index < -0.39 is 28.8 Å². The molecular formula is C25H21ClFN3O4S2. The summed E-state index contributed by atoms with van der Waals surface area (Å²) in [6.45, 7) is 1.72. The van der Waals surface area contributed by atoms with Crippen molar-refractivity contribution in [3.05, 3.63) is 68.3 Å². The number of hydrogen-bond donors (Lipinski definition) is 2. The van der Waals surface area contributed by atoms with Crippen LogP contribution in [-0.4, -0.2) is 37.4 Å². The molecule has 7 nitrogen and oxygen atoms in total. The van der Waals surface area contributed by atoms with Gasteiger partial charge in [-0.3, -0.25) is 14.8 Å². The number of rotatable bonds is 5. The van der Waals surface area contributed by atoms with E-state index >= 15 is 4.39 Å². The first kappa shape index (κ1) is 24.8. The number of fused-ring (bicyclic) bond motifs is 1. The molecule has 0 radical (unpaired) electrons. The average Bonchev–Trinajstić information content (AvgIpc) is 3.33. The topological polar surface area (TPSA) is 93.4 Å². The van der Waals surface area contributed by atoms with Crippen LogP contribution in [0.3, 0.4) is 0 Å². The minimum atomic E-state index is -0.841. The number of carboxylic acids is 1. The zero-order valence-corrected chi connectivity index (χ0v) is 21.6. The van der Waals surface area contributed by atoms with Crippen molar-refractivity contribution in [1.29, 1.82) is 0 Å². The first-order valence-electron chi connectivity index (χ1n) is 11.1. The van der Waals surface area contributed by atoms with Crippen molar-refractivity contribution in [3.63, 3.8) is 0 Å². The van der Waals surface area contributed by atoms with Crippen LogP contribution in [0.25, 0.3) is 0 Å². The van der Waals surface area contributed by atoms with Crippen molar-refractivity contribution in [2.24, 2.45) is 12.5 Å². The molecule has 3 aliphatic rings. The number of ether oxygens (including phenoxy) is 1. The molecule has 1 aromatic carbocycles. The quantitative estimate of drug-likeness (QED) is 0.452. The van der Waals surface area contributed by atoms with Crippen LogP contribution in [0.5, 0.6) is 0 Å². The Labute approximate surface area is 220 Å². The molecule has 3 heterocycles. The first-order valence-corrected chi connectivity index (χ1v) is 13.3. The summed E-state index contributed by atoms with van der Waals surface area (Å²) in [7, 11) is 1.64. The van der Waals surface area contributed by atoms with Crippen LogP contribution in [-0.2, 0) is 16.6 Å². The van der Waals surface area contributed by atoms with Crippen molar-refractivity contribution in [1.82, 2.24) is 9.78 Å². The van der Waals surface area contributed by atoms with Crippen LogP contribution >= 0.6 is 35.1 Å². The smallest absolute Gasteiger partial charge is 0.413 e. The monoisotopic (exact) mass is 545 g/mol. The van der Waals surface area contributed by atoms with Gasteiger partial charge in [0, 0.05) is 27.8 Å². The van der Waals surface area contributed by atoms with Gasteiger partial charge in [0.1, 0.15) is 17.7 Å². The summed E-state index contributed by atoms with van der Waals surface area (Å²) < 4.78 is 22.0. The lowest BCUT2D eigenvalue weighted by Gasteiger charge is -2.15. The molecule has 11 heteroatoms. The van der Waals surface area contributed by atoms with Gasteiger partial charge in [-0.25, -0.2) is 9.18 Å². The maximum Gasteiger partial charge on any atom is 0.413 e. The predicted octanol–water partition coefficient (Wildman–Crippen LogP) is 5.90. The summed E-state index contributed by atoms with van der Waals surface area (Å²) in [5.41, 5.74) is 0.261. The maximum atomic E-state index is 15.1. The number of aromatic nitrogens is 2. The third kappa shape index (κ3) is 4.51. The second-order valence-electron chi connectivity index (χ2n) is 8.69. The molecule has 1 fully saturated rings. The molecule has 5 rings (SSSR count). The molecule has 1 aromatic heterocycles. The largest absolute Gasteiger partial charge is 0.481 e. The number of carbonyl (C=O) groups excluding carboxylic acids is 1. The number of aliphatic carboxylic acids is 1. The summed E-state index contributed by atoms with van der Waals surface area (Å²) in [4.78, 5) is 25.2. The molecule has 36 heavy (non-hydrogen) atoms. The van der Waals surface area contributed by atoms with E-state index in [9.17, 15) is 14.7 Å². The minimum absolute atomic E-state index is 0.182. The number of thioether (sulfide) groups is 2. The summed E-state index contributed by atoms with van der Waals surface area (Å²) in [5.74, 6) is 4.89. The molecule has 3 unspecified atom stereocenters. The second kappa shape index (κ2) is 9.54. The number of carboxylic acid groups (broad SMARTS) is 1. The van der Waals surface area contributed by atoms with Gasteiger partial charge in [-0.1, -0.05) is 47.7 Å². The highest BCUT2D eigenvalue weighted by Crippen LogP contribution is 2.63. The highest BCUT2D eigenvalue weighted by molar-refractivity contribution is 8.09. The number of allylic oxidation sites excluding steroid dienone is 1. The zero-order chi connectivity index (χ0) is 25.6. The molecule has 1 saturated carbocycles. The summed E-state index contributed by atoms with van der Waals surface area (Å²) in [5, 5.41) is 16.2. The standard InChI is InChI=1S/C25H21ClFN3O4S2/c1-13(15-5-3-4-6-16(15)26)34-24(33)29-22-14(12-28-30(22)2)7-8-17-20(27)21-18(35-17)11-19(36-21)25(9-10-25)23(31)32/h3-6,11-13,18,21H,9-10H2,1-2H3,(H,29,33)(H,31,32). The number of amides is 1. The number of benzene rings is 1. The van der Waals surface area contributed by atoms with Gasteiger partial charge in [0.25, 0.3) is 0 Å². The number of nitrogens with zero attached hydrogens (tertiary/aromatic N) is 2. The average molecular weight is 546 g/mol. The molecule has 1 amide bonds. The molecule has 0 bridgehead atoms. The SMILES string of the molecule is CC(OC(=O)Nc1c(C#CC2=C(F)C3SC(C4(C(=O)O)CC4)=CC3S2)cnn1C)c1ccccc1Cl. The first-order chi connectivity index (χ1) is 17.2. The zero-order valence-electron chi connectivity index (χ0n) is 19.2. The summed E-state index contributed by atoms with van der Waals surface area (Å²) in [6, 6.07) is 7.10. The number of carbonyl (C=O) groups is 2. The molecule has 3 atom stereocenters. The van der Waals surface area contributed by atoms with Crippen LogP contribution in [0.2, 0.25) is 5.02 Å². The van der Waals surface area contributed by atoms with Crippen molar-refractivity contribution in [3.8, 4) is 11.8 Å². The second-order valence-corrected chi connectivity index (χ2v) is 11.5. The lowest BCUT2D eigenvalue weighted by molar-refractivity contribution is -0.141. The highest BCUT2D eigenvalue weighted by Gasteiger charge is 2.57. The highest BCUT2D eigenvalue weighted by atomic mass is 35.5. The molecule has 0 spiro atoms. The van der Waals surface area contributed by atoms with E-state index in [2.05, 4.69) is 22.3 Å². The Morgan fingerprint density at radius 1 is 1.33 bits per heavy atom. The van der Waals surface area contributed by atoms with Gasteiger partial charge >= 0.3 is 12.1 Å². The minimum Gasteiger partial charge on any atom is -0.481 e. The molecular weight excluding hydrogens is 525 g/mol. The lowest BCUT2D eigenvalue weighted by atomic mass is 10.1. The van der Waals surface area contributed by atoms with E-state index in [4.69, 9.17) is 16.3 Å². The fourth-order valence-electron chi connectivity index (χ4n) is 4.10. The molecule has 1 aliphatic carbocycles. The Morgan fingerprint density at radius 3 is 2.75 bits per heavy atom. The van der Waals surface area contributed by atoms with Gasteiger partial charge in [-0.2, -0.15) is 5.10 Å². The van der Waals surface area contributed by atoms with Gasteiger partial charge in [-0.05, 0) is 25.8 Å². The summed E-state index contributed by atoms with van der Waals surface area (Å²) in [6.07, 6.45) is 3.27. The normalized spacial score (nSPS) is 22.3. The number of hydrogen-bond acceptors (Lipinski definition) is 6. The van der Waals surface area contributed by atoms with Crippen LogP contribution in [0, 0.1) is 17.3 Å². The number of halogens is 2. The lowest BCUT2D eigenvalue weighted by Crippen LogP contribution is -2.18. The van der Waals surface area contributed by atoms with E-state index in [-0.39, 0.29) is 11.1 Å². The molecule has 2 aromatic rings. The molecule has 2 N–H and O–H groups in total. The Bertz CT molecular complexity index is 1390. The number of nitrogens with one attached hydrogen (secondary N) is 1. The van der Waals surface area contributed by atoms with E-state index in [0.29, 0.717) is 39.7 Å². The van der Waals surface area contributed by atoms with Crippen molar-refractivity contribution < 1.29 is 23.8 Å². The van der Waals surface area contributed by atoms with E-state index in [1.54, 1.807) is 32.2 Å². The van der Waals surface area contributed by atoms with Gasteiger partial charge in [0.05, 0.1) is 27.3 Å². The fraction of sp³-hybridized carbons (Fsp3) is 0.320. The predicted molar refractivity (Wildman–Crippen MR) is 138 cm³/mol.